The number of rotatable bonds is 12. The first-order valence-corrected chi connectivity index (χ1v) is 10.0. The van der Waals surface area contributed by atoms with Crippen molar-refractivity contribution in [1.29, 1.82) is 0 Å². The lowest BCUT2D eigenvalue weighted by Gasteiger charge is -2.05. The molecule has 0 radical (unpaired) electrons. The SMILES string of the molecule is C=CCc1cccc(/C=N\NC(=O)COCC(=O)N/N=C\c2cccc(CC=C)c2O)c1O. The monoisotopic (exact) mass is 450 g/mol. The lowest BCUT2D eigenvalue weighted by atomic mass is 10.1. The fraction of sp³-hybridized carbons (Fsp3) is 0.167. The van der Waals surface area contributed by atoms with Gasteiger partial charge in [0.05, 0.1) is 12.4 Å². The maximum absolute atomic E-state index is 11.8. The van der Waals surface area contributed by atoms with Crippen LogP contribution in [-0.4, -0.2) is 47.7 Å². The van der Waals surface area contributed by atoms with E-state index in [-0.39, 0.29) is 11.5 Å². The zero-order valence-electron chi connectivity index (χ0n) is 18.0. The number of ether oxygens (including phenoxy) is 1. The summed E-state index contributed by atoms with van der Waals surface area (Å²) in [5, 5.41) is 27.8. The van der Waals surface area contributed by atoms with E-state index >= 15 is 0 Å². The molecule has 9 nitrogen and oxygen atoms in total. The van der Waals surface area contributed by atoms with E-state index in [1.54, 1.807) is 48.6 Å². The molecule has 0 saturated heterocycles. The predicted octanol–water partition coefficient (Wildman–Crippen LogP) is 2.17. The van der Waals surface area contributed by atoms with Crippen molar-refractivity contribution in [2.24, 2.45) is 10.2 Å². The Labute approximate surface area is 191 Å². The molecule has 4 N–H and O–H groups in total. The van der Waals surface area contributed by atoms with Gasteiger partial charge in [-0.1, -0.05) is 36.4 Å². The molecule has 0 atom stereocenters. The van der Waals surface area contributed by atoms with Gasteiger partial charge in [0.1, 0.15) is 24.7 Å². The van der Waals surface area contributed by atoms with E-state index in [0.29, 0.717) is 35.1 Å². The number of phenols is 2. The van der Waals surface area contributed by atoms with Crippen LogP contribution < -0.4 is 10.9 Å². The number of phenolic OH excluding ortho intramolecular Hbond substituents is 2. The number of allylic oxidation sites excluding steroid dienone is 2. The lowest BCUT2D eigenvalue weighted by Crippen LogP contribution is -2.28. The van der Waals surface area contributed by atoms with Crippen LogP contribution in [0.2, 0.25) is 0 Å². The van der Waals surface area contributed by atoms with Gasteiger partial charge in [-0.25, -0.2) is 10.9 Å². The highest BCUT2D eigenvalue weighted by Crippen LogP contribution is 2.22. The largest absolute Gasteiger partial charge is 0.507 e. The van der Waals surface area contributed by atoms with Crippen LogP contribution in [0, 0.1) is 0 Å². The Balaban J connectivity index is 1.74. The molecule has 0 aliphatic rings. The van der Waals surface area contributed by atoms with Gasteiger partial charge >= 0.3 is 0 Å². The molecule has 9 heteroatoms. The van der Waals surface area contributed by atoms with Gasteiger partial charge in [0.15, 0.2) is 0 Å². The first kappa shape index (κ1) is 25.0. The van der Waals surface area contributed by atoms with Crippen LogP contribution in [0.25, 0.3) is 0 Å². The summed E-state index contributed by atoms with van der Waals surface area (Å²) in [7, 11) is 0. The molecule has 2 rings (SSSR count). The summed E-state index contributed by atoms with van der Waals surface area (Å²) in [6, 6.07) is 10.3. The molecule has 0 unspecified atom stereocenters. The van der Waals surface area contributed by atoms with E-state index < -0.39 is 25.0 Å². The number of hydrazone groups is 2. The molecule has 2 aromatic rings. The molecular formula is C24H26N4O5. The summed E-state index contributed by atoms with van der Waals surface area (Å²) in [6.45, 7) is 6.46. The number of benzene rings is 2. The number of hydrogen-bond acceptors (Lipinski definition) is 7. The van der Waals surface area contributed by atoms with Crippen molar-refractivity contribution in [3.8, 4) is 11.5 Å². The van der Waals surface area contributed by atoms with Crippen molar-refractivity contribution in [2.45, 2.75) is 12.8 Å². The van der Waals surface area contributed by atoms with Gasteiger partial charge < -0.3 is 14.9 Å². The number of carbonyl (C=O) groups is 2. The third-order valence-corrected chi connectivity index (χ3v) is 4.28. The topological polar surface area (TPSA) is 133 Å². The number of nitrogens with zero attached hydrogens (tertiary/aromatic N) is 2. The summed E-state index contributed by atoms with van der Waals surface area (Å²) >= 11 is 0. The first-order chi connectivity index (χ1) is 16.0. The second-order valence-electron chi connectivity index (χ2n) is 6.77. The Morgan fingerprint density at radius 2 is 1.24 bits per heavy atom. The lowest BCUT2D eigenvalue weighted by molar-refractivity contribution is -0.130. The van der Waals surface area contributed by atoms with Gasteiger partial charge in [-0.15, -0.1) is 13.2 Å². The second-order valence-corrected chi connectivity index (χ2v) is 6.77. The Bertz CT molecular complexity index is 979. The molecular weight excluding hydrogens is 424 g/mol. The number of amides is 2. The van der Waals surface area contributed by atoms with E-state index in [1.807, 2.05) is 0 Å². The minimum Gasteiger partial charge on any atom is -0.507 e. The number of nitrogens with one attached hydrogen (secondary N) is 2. The Morgan fingerprint density at radius 1 is 0.818 bits per heavy atom. The van der Waals surface area contributed by atoms with Crippen molar-refractivity contribution in [1.82, 2.24) is 10.9 Å². The second kappa shape index (κ2) is 13.2. The molecule has 0 spiro atoms. The molecule has 172 valence electrons. The third-order valence-electron chi connectivity index (χ3n) is 4.28. The fourth-order valence-electron chi connectivity index (χ4n) is 2.72. The summed E-state index contributed by atoms with van der Waals surface area (Å²) < 4.78 is 5.02. The van der Waals surface area contributed by atoms with Crippen molar-refractivity contribution in [2.75, 3.05) is 13.2 Å². The molecule has 0 heterocycles. The average molecular weight is 450 g/mol. The summed E-state index contributed by atoms with van der Waals surface area (Å²) in [4.78, 5) is 23.5. The van der Waals surface area contributed by atoms with Gasteiger partial charge in [-0.2, -0.15) is 10.2 Å². The highest BCUT2D eigenvalue weighted by Gasteiger charge is 2.07. The smallest absolute Gasteiger partial charge is 0.266 e. The van der Waals surface area contributed by atoms with E-state index in [4.69, 9.17) is 4.74 Å². The van der Waals surface area contributed by atoms with E-state index in [2.05, 4.69) is 34.2 Å². The Kier molecular flexibility index (Phi) is 10.0. The van der Waals surface area contributed by atoms with E-state index in [1.165, 1.54) is 12.4 Å². The van der Waals surface area contributed by atoms with Crippen LogP contribution in [0.15, 0.2) is 71.9 Å². The van der Waals surface area contributed by atoms with Gasteiger partial charge in [0.25, 0.3) is 11.8 Å². The number of carbonyl (C=O) groups excluding carboxylic acids is 2. The molecule has 0 bridgehead atoms. The summed E-state index contributed by atoms with van der Waals surface area (Å²) in [5.74, 6) is -1.03. The quantitative estimate of drug-likeness (QED) is 0.223. The van der Waals surface area contributed by atoms with E-state index in [9.17, 15) is 19.8 Å². The Morgan fingerprint density at radius 3 is 1.64 bits per heavy atom. The molecule has 0 aromatic heterocycles. The minimum atomic E-state index is -0.576. The third kappa shape index (κ3) is 8.08. The first-order valence-electron chi connectivity index (χ1n) is 10.0. The molecule has 0 fully saturated rings. The zero-order chi connectivity index (χ0) is 24.1. The predicted molar refractivity (Wildman–Crippen MR) is 126 cm³/mol. The maximum atomic E-state index is 11.8. The van der Waals surface area contributed by atoms with Crippen LogP contribution in [0.1, 0.15) is 22.3 Å². The number of aromatic hydroxyl groups is 2. The molecule has 33 heavy (non-hydrogen) atoms. The number of para-hydroxylation sites is 2. The van der Waals surface area contributed by atoms with Crippen LogP contribution in [0.3, 0.4) is 0 Å². The zero-order valence-corrected chi connectivity index (χ0v) is 18.0. The Hall–Kier alpha value is -4.24. The molecule has 0 aliphatic carbocycles. The fourth-order valence-corrected chi connectivity index (χ4v) is 2.72. The number of hydrogen-bond donors (Lipinski definition) is 4. The normalized spacial score (nSPS) is 10.9. The van der Waals surface area contributed by atoms with Crippen molar-refractivity contribution in [3.63, 3.8) is 0 Å². The van der Waals surface area contributed by atoms with Crippen LogP contribution >= 0.6 is 0 Å². The van der Waals surface area contributed by atoms with Crippen LogP contribution in [-0.2, 0) is 27.2 Å². The highest BCUT2D eigenvalue weighted by molar-refractivity contribution is 5.87. The van der Waals surface area contributed by atoms with Crippen molar-refractivity contribution < 1.29 is 24.5 Å². The van der Waals surface area contributed by atoms with Gasteiger partial charge in [-0.3, -0.25) is 9.59 Å². The van der Waals surface area contributed by atoms with Crippen molar-refractivity contribution in [3.05, 3.63) is 84.0 Å². The molecule has 0 aliphatic heterocycles. The molecule has 2 aromatic carbocycles. The minimum absolute atomic E-state index is 0.0598. The molecule has 0 saturated carbocycles. The molecule has 2 amide bonds. The van der Waals surface area contributed by atoms with Crippen molar-refractivity contribution >= 4 is 24.2 Å². The van der Waals surface area contributed by atoms with Gasteiger partial charge in [0, 0.05) is 11.1 Å². The maximum Gasteiger partial charge on any atom is 0.266 e. The van der Waals surface area contributed by atoms with Crippen LogP contribution in [0.5, 0.6) is 11.5 Å². The summed E-state index contributed by atoms with van der Waals surface area (Å²) in [5.41, 5.74) is 6.76. The highest BCUT2D eigenvalue weighted by atomic mass is 16.5. The van der Waals surface area contributed by atoms with Gasteiger partial charge in [0.2, 0.25) is 0 Å². The average Bonchev–Trinajstić information content (AvgIpc) is 2.79. The van der Waals surface area contributed by atoms with Crippen LogP contribution in [0.4, 0.5) is 0 Å². The van der Waals surface area contributed by atoms with E-state index in [0.717, 1.165) is 0 Å². The summed E-state index contributed by atoms with van der Waals surface area (Å²) in [6.07, 6.45) is 6.96. The van der Waals surface area contributed by atoms with Gasteiger partial charge in [-0.05, 0) is 36.1 Å². The standard InChI is InChI=1S/C24H26N4O5/c1-3-7-17-9-5-11-19(23(17)31)13-25-27-21(29)15-33-16-22(30)28-26-14-20-12-6-10-18(8-4-2)24(20)32/h3-6,9-14,31-32H,1-2,7-8,15-16H2,(H,27,29)(H,28,30)/b25-13-,26-14-.